The Hall–Kier alpha value is -1.36. The first-order chi connectivity index (χ1) is 8.58. The van der Waals surface area contributed by atoms with Gasteiger partial charge in [0.25, 0.3) is 5.91 Å². The quantitative estimate of drug-likeness (QED) is 0.909. The molecule has 0 aliphatic heterocycles. The van der Waals surface area contributed by atoms with Crippen LogP contribution in [0.25, 0.3) is 0 Å². The number of aliphatic carboxylic acids is 1. The van der Waals surface area contributed by atoms with Crippen LogP contribution in [0.5, 0.6) is 0 Å². The summed E-state index contributed by atoms with van der Waals surface area (Å²) in [6.07, 6.45) is 4.54. The Bertz CT molecular complexity index is 443. The summed E-state index contributed by atoms with van der Waals surface area (Å²) in [6, 6.07) is 1.98. The predicted molar refractivity (Wildman–Crippen MR) is 70.2 cm³/mol. The third kappa shape index (κ3) is 2.90. The topological polar surface area (TPSA) is 57.6 Å². The van der Waals surface area contributed by atoms with Gasteiger partial charge in [0.15, 0.2) is 0 Å². The van der Waals surface area contributed by atoms with Crippen LogP contribution in [0, 0.1) is 0 Å². The highest BCUT2D eigenvalue weighted by molar-refractivity contribution is 7.14. The summed E-state index contributed by atoms with van der Waals surface area (Å²) in [5.41, 5.74) is 1.31. The van der Waals surface area contributed by atoms with E-state index in [0.717, 1.165) is 17.7 Å². The van der Waals surface area contributed by atoms with Crippen molar-refractivity contribution in [2.75, 3.05) is 13.6 Å². The molecular weight excluding hydrogens is 250 g/mol. The number of hydrogen-bond donors (Lipinski definition) is 1. The predicted octanol–water partition coefficient (Wildman–Crippen LogP) is 2.17. The molecular formula is C13H17NO3S. The van der Waals surface area contributed by atoms with Crippen molar-refractivity contribution < 1.29 is 14.7 Å². The molecule has 0 atom stereocenters. The second kappa shape index (κ2) is 5.52. The van der Waals surface area contributed by atoms with Gasteiger partial charge in [-0.1, -0.05) is 0 Å². The summed E-state index contributed by atoms with van der Waals surface area (Å²) < 4.78 is 0. The monoisotopic (exact) mass is 267 g/mol. The number of hydrogen-bond acceptors (Lipinski definition) is 3. The summed E-state index contributed by atoms with van der Waals surface area (Å²) in [6.45, 7) is 0.261. The number of fused-ring (bicyclic) bond motifs is 1. The van der Waals surface area contributed by atoms with Crippen molar-refractivity contribution in [2.45, 2.75) is 32.1 Å². The summed E-state index contributed by atoms with van der Waals surface area (Å²) >= 11 is 1.57. The lowest BCUT2D eigenvalue weighted by atomic mass is 9.99. The third-order valence-corrected chi connectivity index (χ3v) is 4.44. The summed E-state index contributed by atoms with van der Waals surface area (Å²) in [4.78, 5) is 26.2. The zero-order chi connectivity index (χ0) is 13.1. The summed E-state index contributed by atoms with van der Waals surface area (Å²) in [5, 5.41) is 8.61. The van der Waals surface area contributed by atoms with Gasteiger partial charge in [0.2, 0.25) is 0 Å². The zero-order valence-electron chi connectivity index (χ0n) is 10.4. The van der Waals surface area contributed by atoms with Gasteiger partial charge in [0.1, 0.15) is 0 Å². The number of nitrogens with zero attached hydrogens (tertiary/aromatic N) is 1. The van der Waals surface area contributed by atoms with Crippen LogP contribution in [-0.4, -0.2) is 35.5 Å². The van der Waals surface area contributed by atoms with Gasteiger partial charge < -0.3 is 10.0 Å². The van der Waals surface area contributed by atoms with E-state index in [0.29, 0.717) is 0 Å². The van der Waals surface area contributed by atoms with Gasteiger partial charge in [-0.15, -0.1) is 11.3 Å². The van der Waals surface area contributed by atoms with Crippen molar-refractivity contribution in [2.24, 2.45) is 0 Å². The summed E-state index contributed by atoms with van der Waals surface area (Å²) in [5.74, 6) is -0.934. The lowest BCUT2D eigenvalue weighted by molar-refractivity contribution is -0.137. The molecule has 2 rings (SSSR count). The van der Waals surface area contributed by atoms with Crippen LogP contribution in [0.4, 0.5) is 0 Å². The van der Waals surface area contributed by atoms with E-state index >= 15 is 0 Å². The van der Waals surface area contributed by atoms with Crippen LogP contribution in [0.1, 0.15) is 39.4 Å². The molecule has 5 heteroatoms. The van der Waals surface area contributed by atoms with Crippen LogP contribution in [0.15, 0.2) is 6.07 Å². The number of amides is 1. The molecule has 1 amide bonds. The second-order valence-electron chi connectivity index (χ2n) is 4.64. The molecule has 0 fully saturated rings. The van der Waals surface area contributed by atoms with E-state index < -0.39 is 5.97 Å². The molecule has 0 radical (unpaired) electrons. The van der Waals surface area contributed by atoms with Crippen LogP contribution >= 0.6 is 11.3 Å². The van der Waals surface area contributed by atoms with Crippen molar-refractivity contribution in [3.63, 3.8) is 0 Å². The number of carbonyl (C=O) groups excluding carboxylic acids is 1. The molecule has 1 heterocycles. The van der Waals surface area contributed by atoms with Crippen molar-refractivity contribution in [3.8, 4) is 0 Å². The van der Waals surface area contributed by atoms with E-state index in [4.69, 9.17) is 5.11 Å². The van der Waals surface area contributed by atoms with Gasteiger partial charge in [0, 0.05) is 18.5 Å². The highest BCUT2D eigenvalue weighted by Crippen LogP contribution is 2.30. The van der Waals surface area contributed by atoms with Crippen LogP contribution in [0.3, 0.4) is 0 Å². The Morgan fingerprint density at radius 3 is 2.78 bits per heavy atom. The van der Waals surface area contributed by atoms with Crippen molar-refractivity contribution >= 4 is 23.2 Å². The fourth-order valence-electron chi connectivity index (χ4n) is 2.15. The minimum absolute atomic E-state index is 0.00662. The maximum absolute atomic E-state index is 12.1. The van der Waals surface area contributed by atoms with E-state index in [1.807, 2.05) is 6.07 Å². The minimum atomic E-state index is -0.875. The van der Waals surface area contributed by atoms with E-state index in [1.54, 1.807) is 18.4 Å². The average molecular weight is 267 g/mol. The highest BCUT2D eigenvalue weighted by atomic mass is 32.1. The molecule has 1 aliphatic rings. The van der Waals surface area contributed by atoms with E-state index in [-0.39, 0.29) is 18.9 Å². The summed E-state index contributed by atoms with van der Waals surface area (Å²) in [7, 11) is 1.66. The van der Waals surface area contributed by atoms with Crippen LogP contribution in [-0.2, 0) is 17.6 Å². The van der Waals surface area contributed by atoms with E-state index in [9.17, 15) is 9.59 Å². The molecule has 4 nitrogen and oxygen atoms in total. The normalized spacial score (nSPS) is 14.1. The Labute approximate surface area is 110 Å². The molecule has 0 unspecified atom stereocenters. The average Bonchev–Trinajstić information content (AvgIpc) is 2.78. The van der Waals surface area contributed by atoms with Gasteiger partial charge in [-0.2, -0.15) is 0 Å². The Morgan fingerprint density at radius 1 is 1.39 bits per heavy atom. The number of thiophene rings is 1. The first-order valence-electron chi connectivity index (χ1n) is 6.17. The van der Waals surface area contributed by atoms with Gasteiger partial charge >= 0.3 is 5.97 Å². The Morgan fingerprint density at radius 2 is 2.11 bits per heavy atom. The van der Waals surface area contributed by atoms with Crippen LogP contribution < -0.4 is 0 Å². The van der Waals surface area contributed by atoms with Gasteiger partial charge in [-0.25, -0.2) is 0 Å². The molecule has 1 aromatic rings. The third-order valence-electron chi connectivity index (χ3n) is 3.22. The Kier molecular flexibility index (Phi) is 4.01. The molecule has 0 saturated carbocycles. The van der Waals surface area contributed by atoms with Gasteiger partial charge in [-0.05, 0) is 37.3 Å². The number of carboxylic acids is 1. The fourth-order valence-corrected chi connectivity index (χ4v) is 3.40. The lowest BCUT2D eigenvalue weighted by Crippen LogP contribution is -2.28. The SMILES string of the molecule is CN(CCC(=O)O)C(=O)c1cc2c(s1)CCCC2. The zero-order valence-corrected chi connectivity index (χ0v) is 11.3. The Balaban J connectivity index is 2.04. The first-order valence-corrected chi connectivity index (χ1v) is 6.98. The van der Waals surface area contributed by atoms with Crippen molar-refractivity contribution in [1.29, 1.82) is 0 Å². The highest BCUT2D eigenvalue weighted by Gasteiger charge is 2.19. The minimum Gasteiger partial charge on any atom is -0.481 e. The molecule has 1 N–H and O–H groups in total. The molecule has 1 aliphatic carbocycles. The first kappa shape index (κ1) is 13.1. The molecule has 18 heavy (non-hydrogen) atoms. The number of carbonyl (C=O) groups is 2. The maximum Gasteiger partial charge on any atom is 0.305 e. The fraction of sp³-hybridized carbons (Fsp3) is 0.538. The molecule has 1 aromatic heterocycles. The number of carboxylic acid groups (broad SMARTS) is 1. The number of rotatable bonds is 4. The van der Waals surface area contributed by atoms with Gasteiger partial charge in [0.05, 0.1) is 11.3 Å². The van der Waals surface area contributed by atoms with Crippen molar-refractivity contribution in [1.82, 2.24) is 4.90 Å². The van der Waals surface area contributed by atoms with Crippen LogP contribution in [0.2, 0.25) is 0 Å². The molecule has 0 saturated heterocycles. The molecule has 0 spiro atoms. The maximum atomic E-state index is 12.1. The van der Waals surface area contributed by atoms with Gasteiger partial charge in [-0.3, -0.25) is 9.59 Å². The molecule has 0 aromatic carbocycles. The molecule has 0 bridgehead atoms. The van der Waals surface area contributed by atoms with Crippen molar-refractivity contribution in [3.05, 3.63) is 21.4 Å². The standard InChI is InChI=1S/C13H17NO3S/c1-14(7-6-12(15)16)13(17)11-8-9-4-2-3-5-10(9)18-11/h8H,2-7H2,1H3,(H,15,16). The largest absolute Gasteiger partial charge is 0.481 e. The smallest absolute Gasteiger partial charge is 0.305 e. The number of aryl methyl sites for hydroxylation is 2. The second-order valence-corrected chi connectivity index (χ2v) is 5.77. The lowest BCUT2D eigenvalue weighted by Gasteiger charge is -2.14. The van der Waals surface area contributed by atoms with E-state index in [1.165, 1.54) is 28.2 Å². The molecule has 98 valence electrons. The van der Waals surface area contributed by atoms with E-state index in [2.05, 4.69) is 0 Å².